The summed E-state index contributed by atoms with van der Waals surface area (Å²) in [5.41, 5.74) is -0.464. The molecule has 1 saturated heterocycles. The largest absolute Gasteiger partial charge is 0.450 e. The zero-order valence-electron chi connectivity index (χ0n) is 13.2. The first-order valence-corrected chi connectivity index (χ1v) is 9.01. The Morgan fingerprint density at radius 2 is 2.00 bits per heavy atom. The Labute approximate surface area is 139 Å². The zero-order valence-corrected chi connectivity index (χ0v) is 14.0. The second kappa shape index (κ2) is 7.58. The first kappa shape index (κ1) is 18.1. The number of benzene rings is 1. The number of ether oxygens (including phenoxy) is 1. The number of sulfonamides is 1. The predicted molar refractivity (Wildman–Crippen MR) is 85.0 cm³/mol. The molecule has 1 aliphatic rings. The Hall–Kier alpha value is -2.20. The number of nitro groups is 1. The van der Waals surface area contributed by atoms with Gasteiger partial charge in [-0.3, -0.25) is 10.1 Å². The van der Waals surface area contributed by atoms with E-state index in [9.17, 15) is 23.3 Å². The second-order valence-electron chi connectivity index (χ2n) is 5.31. The Morgan fingerprint density at radius 1 is 1.38 bits per heavy atom. The minimum Gasteiger partial charge on any atom is -0.450 e. The van der Waals surface area contributed by atoms with Gasteiger partial charge in [0, 0.05) is 25.2 Å². The van der Waals surface area contributed by atoms with Crippen molar-refractivity contribution in [2.45, 2.75) is 30.7 Å². The van der Waals surface area contributed by atoms with Crippen molar-refractivity contribution in [2.24, 2.45) is 0 Å². The Kier molecular flexibility index (Phi) is 5.73. The van der Waals surface area contributed by atoms with Crippen LogP contribution in [0.4, 0.5) is 10.5 Å². The quantitative estimate of drug-likeness (QED) is 0.630. The van der Waals surface area contributed by atoms with Gasteiger partial charge in [0.25, 0.3) is 5.69 Å². The molecule has 24 heavy (non-hydrogen) atoms. The number of rotatable bonds is 5. The smallest absolute Gasteiger partial charge is 0.409 e. The van der Waals surface area contributed by atoms with E-state index in [1.807, 2.05) is 0 Å². The molecule has 1 aromatic rings. The lowest BCUT2D eigenvalue weighted by molar-refractivity contribution is -0.387. The third-order valence-corrected chi connectivity index (χ3v) is 5.26. The number of hydrogen-bond donors (Lipinski definition) is 1. The van der Waals surface area contributed by atoms with Crippen molar-refractivity contribution < 1.29 is 22.9 Å². The van der Waals surface area contributed by atoms with Crippen LogP contribution < -0.4 is 4.72 Å². The van der Waals surface area contributed by atoms with Crippen LogP contribution in [0.3, 0.4) is 0 Å². The normalized spacial score (nSPS) is 16.0. The van der Waals surface area contributed by atoms with E-state index in [1.165, 1.54) is 23.1 Å². The first-order chi connectivity index (χ1) is 11.3. The molecule has 1 amide bonds. The molecule has 0 radical (unpaired) electrons. The summed E-state index contributed by atoms with van der Waals surface area (Å²) in [4.78, 5) is 23.0. The van der Waals surface area contributed by atoms with E-state index in [2.05, 4.69) is 4.72 Å². The van der Waals surface area contributed by atoms with Crippen LogP contribution in [0, 0.1) is 10.1 Å². The average Bonchev–Trinajstić information content (AvgIpc) is 2.55. The van der Waals surface area contributed by atoms with E-state index < -0.39 is 26.7 Å². The van der Waals surface area contributed by atoms with Gasteiger partial charge in [-0.2, -0.15) is 0 Å². The summed E-state index contributed by atoms with van der Waals surface area (Å²) in [6, 6.07) is 4.81. The van der Waals surface area contributed by atoms with E-state index in [1.54, 1.807) is 6.92 Å². The first-order valence-electron chi connectivity index (χ1n) is 7.52. The predicted octanol–water partition coefficient (Wildman–Crippen LogP) is 1.49. The van der Waals surface area contributed by atoms with Crippen molar-refractivity contribution in [2.75, 3.05) is 19.7 Å². The summed E-state index contributed by atoms with van der Waals surface area (Å²) >= 11 is 0. The molecule has 0 aromatic heterocycles. The molecular weight excluding hydrogens is 338 g/mol. The molecule has 10 heteroatoms. The summed E-state index contributed by atoms with van der Waals surface area (Å²) in [5, 5.41) is 11.0. The van der Waals surface area contributed by atoms with E-state index in [0.717, 1.165) is 6.07 Å². The fraction of sp³-hybridized carbons (Fsp3) is 0.500. The molecule has 1 heterocycles. The van der Waals surface area contributed by atoms with Gasteiger partial charge in [0.05, 0.1) is 11.5 Å². The number of para-hydroxylation sites is 1. The van der Waals surface area contributed by atoms with Gasteiger partial charge in [0.2, 0.25) is 10.0 Å². The fourth-order valence-electron chi connectivity index (χ4n) is 2.51. The molecule has 0 aliphatic carbocycles. The van der Waals surface area contributed by atoms with Gasteiger partial charge in [-0.1, -0.05) is 12.1 Å². The molecule has 1 aromatic carbocycles. The van der Waals surface area contributed by atoms with Crippen LogP contribution in [0.15, 0.2) is 29.2 Å². The third-order valence-electron chi connectivity index (χ3n) is 3.69. The standard InChI is InChI=1S/C14H19N3O6S/c1-2-23-14(18)16-9-7-11(8-10-16)15-24(21,22)13-6-4-3-5-12(13)17(19)20/h3-6,11,15H,2,7-10H2,1H3. The number of piperidine rings is 1. The van der Waals surface area contributed by atoms with Crippen molar-refractivity contribution >= 4 is 21.8 Å². The Balaban J connectivity index is 2.04. The summed E-state index contributed by atoms with van der Waals surface area (Å²) < 4.78 is 32.2. The van der Waals surface area contributed by atoms with Crippen molar-refractivity contribution in [1.29, 1.82) is 0 Å². The fourth-order valence-corrected chi connectivity index (χ4v) is 3.99. The highest BCUT2D eigenvalue weighted by Gasteiger charge is 2.30. The van der Waals surface area contributed by atoms with Gasteiger partial charge in [0.1, 0.15) is 0 Å². The summed E-state index contributed by atoms with van der Waals surface area (Å²) in [7, 11) is -4.01. The topological polar surface area (TPSA) is 119 Å². The lowest BCUT2D eigenvalue weighted by atomic mass is 10.1. The minimum absolute atomic E-state index is 0.281. The maximum atomic E-state index is 12.4. The molecule has 0 atom stereocenters. The highest BCUT2D eigenvalue weighted by molar-refractivity contribution is 7.89. The number of nitrogens with zero attached hydrogens (tertiary/aromatic N) is 2. The van der Waals surface area contributed by atoms with Gasteiger partial charge < -0.3 is 9.64 Å². The molecule has 9 nitrogen and oxygen atoms in total. The third kappa shape index (κ3) is 4.20. The van der Waals surface area contributed by atoms with E-state index in [0.29, 0.717) is 25.9 Å². The molecule has 0 spiro atoms. The Morgan fingerprint density at radius 3 is 2.58 bits per heavy atom. The van der Waals surface area contributed by atoms with Crippen LogP contribution in [-0.4, -0.2) is 50.1 Å². The number of amides is 1. The maximum Gasteiger partial charge on any atom is 0.409 e. The van der Waals surface area contributed by atoms with Gasteiger partial charge in [-0.25, -0.2) is 17.9 Å². The number of nitrogens with one attached hydrogen (secondary N) is 1. The molecule has 1 N–H and O–H groups in total. The average molecular weight is 357 g/mol. The number of hydrogen-bond acceptors (Lipinski definition) is 6. The van der Waals surface area contributed by atoms with Crippen LogP contribution in [0.25, 0.3) is 0 Å². The molecule has 0 bridgehead atoms. The second-order valence-corrected chi connectivity index (χ2v) is 6.99. The monoisotopic (exact) mass is 357 g/mol. The van der Waals surface area contributed by atoms with Crippen molar-refractivity contribution in [3.63, 3.8) is 0 Å². The molecule has 2 rings (SSSR count). The highest BCUT2D eigenvalue weighted by Crippen LogP contribution is 2.24. The van der Waals surface area contributed by atoms with Gasteiger partial charge in [-0.05, 0) is 25.8 Å². The van der Waals surface area contributed by atoms with Crippen molar-refractivity contribution in [3.05, 3.63) is 34.4 Å². The summed E-state index contributed by atoms with van der Waals surface area (Å²) in [6.07, 6.45) is 0.412. The SMILES string of the molecule is CCOC(=O)N1CCC(NS(=O)(=O)c2ccccc2[N+](=O)[O-])CC1. The number of nitro benzene ring substituents is 1. The number of carbonyl (C=O) groups is 1. The van der Waals surface area contributed by atoms with Gasteiger partial charge >= 0.3 is 6.09 Å². The van der Waals surface area contributed by atoms with Crippen LogP contribution in [0.1, 0.15) is 19.8 Å². The lowest BCUT2D eigenvalue weighted by Gasteiger charge is -2.31. The maximum absolute atomic E-state index is 12.4. The molecule has 1 aliphatic heterocycles. The van der Waals surface area contributed by atoms with Crippen LogP contribution in [0.2, 0.25) is 0 Å². The summed E-state index contributed by atoms with van der Waals surface area (Å²) in [5.74, 6) is 0. The number of carbonyl (C=O) groups excluding carboxylic acids is 1. The van der Waals surface area contributed by atoms with Crippen molar-refractivity contribution in [1.82, 2.24) is 9.62 Å². The van der Waals surface area contributed by atoms with E-state index >= 15 is 0 Å². The van der Waals surface area contributed by atoms with Crippen LogP contribution >= 0.6 is 0 Å². The lowest BCUT2D eigenvalue weighted by Crippen LogP contribution is -2.46. The van der Waals surface area contributed by atoms with Gasteiger partial charge in [0.15, 0.2) is 4.90 Å². The highest BCUT2D eigenvalue weighted by atomic mass is 32.2. The van der Waals surface area contributed by atoms with E-state index in [-0.39, 0.29) is 17.5 Å². The molecule has 132 valence electrons. The van der Waals surface area contributed by atoms with Gasteiger partial charge in [-0.15, -0.1) is 0 Å². The summed E-state index contributed by atoms with van der Waals surface area (Å²) in [6.45, 7) is 2.72. The van der Waals surface area contributed by atoms with E-state index in [4.69, 9.17) is 4.74 Å². The molecular formula is C14H19N3O6S. The van der Waals surface area contributed by atoms with Crippen molar-refractivity contribution in [3.8, 4) is 0 Å². The zero-order chi connectivity index (χ0) is 17.7. The van der Waals surface area contributed by atoms with Crippen LogP contribution in [0.5, 0.6) is 0 Å². The van der Waals surface area contributed by atoms with Crippen LogP contribution in [-0.2, 0) is 14.8 Å². The molecule has 0 unspecified atom stereocenters. The molecule has 0 saturated carbocycles. The minimum atomic E-state index is -4.01. The number of likely N-dealkylation sites (tertiary alicyclic amines) is 1. The molecule has 1 fully saturated rings. The Bertz CT molecular complexity index is 713.